The molecule has 3 aromatic carbocycles. The molecule has 3 aromatic rings. The molecule has 0 N–H and O–H groups in total. The van der Waals surface area contributed by atoms with Crippen molar-refractivity contribution < 1.29 is 4.92 Å². The fourth-order valence-electron chi connectivity index (χ4n) is 2.55. The van der Waals surface area contributed by atoms with E-state index in [0.29, 0.717) is 0 Å². The number of benzene rings is 3. The summed E-state index contributed by atoms with van der Waals surface area (Å²) in [5, 5.41) is 13.1. The van der Waals surface area contributed by atoms with Crippen LogP contribution in [0.25, 0.3) is 10.8 Å². The molecule has 0 spiro atoms. The molecule has 0 amide bonds. The average Bonchev–Trinajstić information content (AvgIpc) is 2.60. The summed E-state index contributed by atoms with van der Waals surface area (Å²) in [5.74, 6) is 0.204. The molecule has 1 atom stereocenters. The fraction of sp³-hybridized carbons (Fsp3) is 0.200. The number of nitrogens with zero attached hydrogens (tertiary/aromatic N) is 2. The highest BCUT2D eigenvalue weighted by atomic mass is 16.6. The normalized spacial score (nSPS) is 11.7. The SMILES string of the molecule is BC(c1ccc([N+](=O)[O-])cc1)c1ccc2ccccc2c1.CN(C)C. The highest BCUT2D eigenvalue weighted by Crippen LogP contribution is 2.26. The molecular weight excluding hydrogens is 311 g/mol. The molecule has 3 rings (SSSR count). The third-order valence-electron chi connectivity index (χ3n) is 3.88. The summed E-state index contributed by atoms with van der Waals surface area (Å²) in [6.07, 6.45) is 0. The largest absolute Gasteiger partial charge is 0.312 e. The molecule has 25 heavy (non-hydrogen) atoms. The summed E-state index contributed by atoms with van der Waals surface area (Å²) < 4.78 is 0. The van der Waals surface area contributed by atoms with Gasteiger partial charge in [-0.1, -0.05) is 54.6 Å². The number of nitro benzene ring substituents is 1. The lowest BCUT2D eigenvalue weighted by Gasteiger charge is -2.13. The van der Waals surface area contributed by atoms with Crippen LogP contribution in [0.3, 0.4) is 0 Å². The van der Waals surface area contributed by atoms with Gasteiger partial charge in [0, 0.05) is 12.1 Å². The summed E-state index contributed by atoms with van der Waals surface area (Å²) >= 11 is 0. The molecule has 0 saturated carbocycles. The van der Waals surface area contributed by atoms with Crippen molar-refractivity contribution in [3.63, 3.8) is 0 Å². The minimum Gasteiger partial charge on any atom is -0.312 e. The Morgan fingerprint density at radius 3 is 1.96 bits per heavy atom. The van der Waals surface area contributed by atoms with Crippen LogP contribution in [0.4, 0.5) is 5.69 Å². The predicted octanol–water partition coefficient (Wildman–Crippen LogP) is 3.65. The van der Waals surface area contributed by atoms with Gasteiger partial charge in [0.25, 0.3) is 5.69 Å². The van der Waals surface area contributed by atoms with Gasteiger partial charge in [0.05, 0.1) is 4.92 Å². The third kappa shape index (κ3) is 5.16. The second-order valence-electron chi connectivity index (χ2n) is 6.52. The standard InChI is InChI=1S/C17H14BNO2.C3H9N/c18-17(13-7-9-16(10-8-13)19(20)21)15-6-5-12-3-1-2-4-14(12)11-15;1-4(2)3/h1-11,17H,18H2;1-3H3. The zero-order chi connectivity index (χ0) is 18.4. The predicted molar refractivity (Wildman–Crippen MR) is 107 cm³/mol. The molecule has 0 heterocycles. The number of fused-ring (bicyclic) bond motifs is 1. The molecule has 0 aliphatic carbocycles. The van der Waals surface area contributed by atoms with Crippen LogP contribution in [-0.4, -0.2) is 38.8 Å². The summed E-state index contributed by atoms with van der Waals surface area (Å²) in [6.45, 7) is 0. The van der Waals surface area contributed by atoms with Gasteiger partial charge in [-0.25, -0.2) is 0 Å². The maximum atomic E-state index is 10.7. The summed E-state index contributed by atoms with van der Waals surface area (Å²) in [4.78, 5) is 12.3. The highest BCUT2D eigenvalue weighted by Gasteiger charge is 2.11. The van der Waals surface area contributed by atoms with Gasteiger partial charge in [-0.15, -0.1) is 0 Å². The van der Waals surface area contributed by atoms with E-state index in [1.807, 2.05) is 50.3 Å². The number of hydrogen-bond acceptors (Lipinski definition) is 3. The van der Waals surface area contributed by atoms with Crippen LogP contribution in [0.15, 0.2) is 66.7 Å². The van der Waals surface area contributed by atoms with E-state index < -0.39 is 0 Å². The maximum Gasteiger partial charge on any atom is 0.269 e. The van der Waals surface area contributed by atoms with Gasteiger partial charge in [0.2, 0.25) is 0 Å². The number of nitro groups is 1. The van der Waals surface area contributed by atoms with Crippen LogP contribution in [0.5, 0.6) is 0 Å². The Morgan fingerprint density at radius 2 is 1.40 bits per heavy atom. The summed E-state index contributed by atoms with van der Waals surface area (Å²) in [7, 11) is 8.12. The maximum absolute atomic E-state index is 10.7. The van der Waals surface area contributed by atoms with Crippen LogP contribution in [0.1, 0.15) is 16.9 Å². The van der Waals surface area contributed by atoms with Crippen molar-refractivity contribution >= 4 is 24.3 Å². The molecule has 5 heteroatoms. The van der Waals surface area contributed by atoms with E-state index in [1.54, 1.807) is 12.1 Å². The molecule has 4 nitrogen and oxygen atoms in total. The lowest BCUT2D eigenvalue weighted by Crippen LogP contribution is -2.00. The third-order valence-corrected chi connectivity index (χ3v) is 3.88. The zero-order valence-electron chi connectivity index (χ0n) is 15.1. The highest BCUT2D eigenvalue weighted by molar-refractivity contribution is 6.14. The van der Waals surface area contributed by atoms with Gasteiger partial charge in [-0.2, -0.15) is 0 Å². The van der Waals surface area contributed by atoms with Crippen molar-refractivity contribution in [3.8, 4) is 0 Å². The monoisotopic (exact) mass is 334 g/mol. The topological polar surface area (TPSA) is 46.4 Å². The van der Waals surface area contributed by atoms with E-state index in [4.69, 9.17) is 0 Å². The zero-order valence-corrected chi connectivity index (χ0v) is 15.1. The Bertz CT molecular complexity index is 845. The Hall–Kier alpha value is -2.66. The van der Waals surface area contributed by atoms with Crippen molar-refractivity contribution in [1.82, 2.24) is 4.90 Å². The van der Waals surface area contributed by atoms with Crippen molar-refractivity contribution in [2.45, 2.75) is 5.82 Å². The van der Waals surface area contributed by atoms with Crippen molar-refractivity contribution in [2.24, 2.45) is 0 Å². The molecular formula is C20H23BN2O2. The minimum absolute atomic E-state index is 0.129. The Balaban J connectivity index is 0.000000511. The van der Waals surface area contributed by atoms with Gasteiger partial charge in [-0.3, -0.25) is 10.1 Å². The lowest BCUT2D eigenvalue weighted by molar-refractivity contribution is -0.384. The molecule has 128 valence electrons. The van der Waals surface area contributed by atoms with Gasteiger partial charge in [0.1, 0.15) is 7.85 Å². The quantitative estimate of drug-likeness (QED) is 0.417. The van der Waals surface area contributed by atoms with E-state index in [2.05, 4.69) is 38.2 Å². The number of hydrogen-bond donors (Lipinski definition) is 0. The van der Waals surface area contributed by atoms with Gasteiger partial charge in [-0.05, 0) is 48.9 Å². The van der Waals surface area contributed by atoms with Crippen molar-refractivity contribution in [1.29, 1.82) is 0 Å². The Kier molecular flexibility index (Phi) is 6.31. The second kappa shape index (κ2) is 8.44. The average molecular weight is 334 g/mol. The molecule has 0 aromatic heterocycles. The molecule has 0 fully saturated rings. The van der Waals surface area contributed by atoms with E-state index in [0.717, 1.165) is 5.56 Å². The fourth-order valence-corrected chi connectivity index (χ4v) is 2.55. The van der Waals surface area contributed by atoms with Gasteiger partial charge in [0.15, 0.2) is 0 Å². The second-order valence-corrected chi connectivity index (χ2v) is 6.52. The lowest BCUT2D eigenvalue weighted by atomic mass is 9.75. The molecule has 0 bridgehead atoms. The Morgan fingerprint density at radius 1 is 0.880 bits per heavy atom. The summed E-state index contributed by atoms with van der Waals surface area (Å²) in [5.41, 5.74) is 2.42. The minimum atomic E-state index is -0.371. The first-order valence-corrected chi connectivity index (χ1v) is 8.22. The van der Waals surface area contributed by atoms with Gasteiger partial charge >= 0.3 is 0 Å². The van der Waals surface area contributed by atoms with E-state index in [9.17, 15) is 10.1 Å². The van der Waals surface area contributed by atoms with Crippen LogP contribution in [0, 0.1) is 10.1 Å². The molecule has 0 saturated heterocycles. The van der Waals surface area contributed by atoms with E-state index in [1.165, 1.54) is 16.3 Å². The van der Waals surface area contributed by atoms with Crippen molar-refractivity contribution in [2.75, 3.05) is 21.1 Å². The van der Waals surface area contributed by atoms with Crippen LogP contribution in [0.2, 0.25) is 0 Å². The number of non-ortho nitro benzene ring substituents is 1. The first-order valence-electron chi connectivity index (χ1n) is 8.22. The van der Waals surface area contributed by atoms with Crippen LogP contribution >= 0.6 is 0 Å². The first kappa shape index (κ1) is 18.7. The molecule has 0 aliphatic rings. The van der Waals surface area contributed by atoms with Gasteiger partial charge < -0.3 is 4.90 Å². The first-order chi connectivity index (χ1) is 11.9. The number of rotatable bonds is 3. The van der Waals surface area contributed by atoms with E-state index >= 15 is 0 Å². The van der Waals surface area contributed by atoms with E-state index in [-0.39, 0.29) is 16.4 Å². The molecule has 0 radical (unpaired) electrons. The Labute approximate surface area is 149 Å². The summed E-state index contributed by atoms with van der Waals surface area (Å²) in [6, 6.07) is 21.5. The molecule has 0 aliphatic heterocycles. The van der Waals surface area contributed by atoms with Crippen LogP contribution < -0.4 is 0 Å². The smallest absolute Gasteiger partial charge is 0.269 e. The molecule has 1 unspecified atom stereocenters. The van der Waals surface area contributed by atoms with Crippen LogP contribution in [-0.2, 0) is 0 Å². The van der Waals surface area contributed by atoms with Crippen molar-refractivity contribution in [3.05, 3.63) is 88.0 Å².